The number of Topliss-reactive ketones (excluding diaryl/α,β-unsaturated/α-hetero) is 1. The third-order valence-corrected chi connectivity index (χ3v) is 7.16. The monoisotopic (exact) mass is 474 g/mol. The highest BCUT2D eigenvalue weighted by Gasteiger charge is 2.40. The molecule has 0 spiro atoms. The summed E-state index contributed by atoms with van der Waals surface area (Å²) < 4.78 is 1.03. The lowest BCUT2D eigenvalue weighted by Crippen LogP contribution is -2.33. The maximum Gasteiger partial charge on any atom is 0.162 e. The summed E-state index contributed by atoms with van der Waals surface area (Å²) in [5.74, 6) is 0.259. The van der Waals surface area contributed by atoms with Crippen LogP contribution in [0.4, 0.5) is 11.4 Å². The van der Waals surface area contributed by atoms with Crippen LogP contribution in [0.1, 0.15) is 43.9 Å². The van der Waals surface area contributed by atoms with Gasteiger partial charge in [-0.1, -0.05) is 50.2 Å². The normalized spacial score (nSPS) is 19.6. The Balaban J connectivity index is 1.75. The van der Waals surface area contributed by atoms with Gasteiger partial charge in [-0.05, 0) is 67.9 Å². The maximum absolute atomic E-state index is 13.5. The summed E-state index contributed by atoms with van der Waals surface area (Å²) in [5, 5.41) is 6.15. The first-order chi connectivity index (χ1) is 14.7. The molecule has 1 aliphatic carbocycles. The Labute approximate surface area is 192 Å². The van der Waals surface area contributed by atoms with Crippen LogP contribution in [-0.4, -0.2) is 19.9 Å². The molecule has 5 rings (SSSR count). The number of rotatable bonds is 2. The molecule has 0 amide bonds. The van der Waals surface area contributed by atoms with E-state index in [-0.39, 0.29) is 17.2 Å². The lowest BCUT2D eigenvalue weighted by Gasteiger charge is -2.40. The highest BCUT2D eigenvalue weighted by molar-refractivity contribution is 9.10. The molecule has 31 heavy (non-hydrogen) atoms. The Morgan fingerprint density at radius 3 is 2.55 bits per heavy atom. The largest absolute Gasteiger partial charge is 0.377 e. The first kappa shape index (κ1) is 20.3. The maximum atomic E-state index is 13.5. The van der Waals surface area contributed by atoms with Crippen LogP contribution in [0.2, 0.25) is 0 Å². The van der Waals surface area contributed by atoms with Gasteiger partial charge in [-0.3, -0.25) is 4.79 Å². The second-order valence-corrected chi connectivity index (χ2v) is 10.6. The number of nitrogens with zero attached hydrogens (tertiary/aromatic N) is 1. The highest BCUT2D eigenvalue weighted by Crippen LogP contribution is 2.52. The van der Waals surface area contributed by atoms with Gasteiger partial charge >= 0.3 is 0 Å². The van der Waals surface area contributed by atoms with Gasteiger partial charge in [0.1, 0.15) is 0 Å². The molecule has 3 aromatic carbocycles. The van der Waals surface area contributed by atoms with Crippen molar-refractivity contribution < 1.29 is 4.79 Å². The number of benzene rings is 3. The number of nitrogens with one attached hydrogen (secondary N) is 1. The molecular weight excluding hydrogens is 448 g/mol. The highest BCUT2D eigenvalue weighted by atomic mass is 79.9. The zero-order valence-electron chi connectivity index (χ0n) is 18.4. The van der Waals surface area contributed by atoms with E-state index in [0.29, 0.717) is 6.42 Å². The van der Waals surface area contributed by atoms with Crippen molar-refractivity contribution in [2.24, 2.45) is 5.41 Å². The number of fused-ring (bicyclic) bond motifs is 4. The Hall–Kier alpha value is -2.59. The Bertz CT molecular complexity index is 1260. The van der Waals surface area contributed by atoms with Gasteiger partial charge in [0, 0.05) is 41.8 Å². The van der Waals surface area contributed by atoms with Gasteiger partial charge in [0.2, 0.25) is 0 Å². The first-order valence-electron chi connectivity index (χ1n) is 10.8. The van der Waals surface area contributed by atoms with Crippen molar-refractivity contribution in [3.63, 3.8) is 0 Å². The van der Waals surface area contributed by atoms with Crippen LogP contribution in [0.15, 0.2) is 64.6 Å². The van der Waals surface area contributed by atoms with Crippen molar-refractivity contribution >= 4 is 49.4 Å². The molecule has 0 aromatic heterocycles. The molecule has 0 fully saturated rings. The van der Waals surface area contributed by atoms with Gasteiger partial charge in [0.15, 0.2) is 5.78 Å². The van der Waals surface area contributed by atoms with Crippen LogP contribution in [0.5, 0.6) is 0 Å². The van der Waals surface area contributed by atoms with E-state index in [1.54, 1.807) is 0 Å². The molecule has 0 bridgehead atoms. The standard InChI is InChI=1S/C27H27BrN2O/c1-27(2)14-19-24-18-8-6-5-7-16(18)9-11-21(24)29-26(25(19)23(31)15-27)17-10-12-22(30(3)4)20(28)13-17/h5-13,26,29H,14-15H2,1-4H3/t26-/m0/s1. The molecule has 0 unspecified atom stereocenters. The van der Waals surface area contributed by atoms with E-state index in [4.69, 9.17) is 0 Å². The number of anilines is 2. The quantitative estimate of drug-likeness (QED) is 0.434. The fourth-order valence-electron chi connectivity index (χ4n) is 5.15. The molecule has 1 atom stereocenters. The summed E-state index contributed by atoms with van der Waals surface area (Å²) in [6, 6.07) is 19.1. The molecule has 1 heterocycles. The Morgan fingerprint density at radius 1 is 1.03 bits per heavy atom. The summed E-state index contributed by atoms with van der Waals surface area (Å²) in [6.45, 7) is 4.41. The van der Waals surface area contributed by atoms with Crippen LogP contribution in [-0.2, 0) is 4.79 Å². The van der Waals surface area contributed by atoms with Crippen molar-refractivity contribution in [1.82, 2.24) is 0 Å². The minimum atomic E-state index is -0.139. The van der Waals surface area contributed by atoms with E-state index < -0.39 is 0 Å². The molecule has 3 aromatic rings. The molecule has 0 saturated carbocycles. The average molecular weight is 475 g/mol. The van der Waals surface area contributed by atoms with Gasteiger partial charge in [0.25, 0.3) is 0 Å². The average Bonchev–Trinajstić information content (AvgIpc) is 2.71. The molecule has 3 nitrogen and oxygen atoms in total. The molecule has 0 saturated heterocycles. The molecule has 1 aliphatic heterocycles. The van der Waals surface area contributed by atoms with Crippen molar-refractivity contribution in [1.29, 1.82) is 0 Å². The van der Waals surface area contributed by atoms with Gasteiger partial charge in [0.05, 0.1) is 11.7 Å². The molecule has 158 valence electrons. The van der Waals surface area contributed by atoms with E-state index in [1.807, 2.05) is 14.1 Å². The predicted octanol–water partition coefficient (Wildman–Crippen LogP) is 6.98. The fraction of sp³-hybridized carbons (Fsp3) is 0.296. The Morgan fingerprint density at radius 2 is 1.81 bits per heavy atom. The first-order valence-corrected chi connectivity index (χ1v) is 11.6. The van der Waals surface area contributed by atoms with Gasteiger partial charge in [-0.2, -0.15) is 0 Å². The van der Waals surface area contributed by atoms with E-state index in [9.17, 15) is 4.79 Å². The zero-order valence-corrected chi connectivity index (χ0v) is 20.0. The summed E-state index contributed by atoms with van der Waals surface area (Å²) in [4.78, 5) is 15.6. The number of halogens is 1. The fourth-order valence-corrected chi connectivity index (χ4v) is 5.90. The third kappa shape index (κ3) is 3.38. The third-order valence-electron chi connectivity index (χ3n) is 6.53. The topological polar surface area (TPSA) is 32.3 Å². The zero-order chi connectivity index (χ0) is 21.9. The van der Waals surface area contributed by atoms with Gasteiger partial charge in [-0.15, -0.1) is 0 Å². The second kappa shape index (κ2) is 7.23. The van der Waals surface area contributed by atoms with E-state index in [1.165, 1.54) is 21.9 Å². The second-order valence-electron chi connectivity index (χ2n) is 9.73. The lowest BCUT2D eigenvalue weighted by atomic mass is 9.68. The number of hydrogen-bond donors (Lipinski definition) is 1. The van der Waals surface area contributed by atoms with Crippen molar-refractivity contribution in [2.75, 3.05) is 24.3 Å². The van der Waals surface area contributed by atoms with Crippen LogP contribution >= 0.6 is 15.9 Å². The molecule has 1 N–H and O–H groups in total. The van der Waals surface area contributed by atoms with Gasteiger partial charge in [-0.25, -0.2) is 0 Å². The summed E-state index contributed by atoms with van der Waals surface area (Å²) in [5.41, 5.74) is 6.65. The molecular formula is C27H27BrN2O. The number of hydrogen-bond acceptors (Lipinski definition) is 3. The van der Waals surface area contributed by atoms with E-state index in [0.717, 1.165) is 33.4 Å². The molecule has 4 heteroatoms. The number of carbonyl (C=O) groups excluding carboxylic acids is 1. The Kier molecular flexibility index (Phi) is 4.74. The van der Waals surface area contributed by atoms with Crippen molar-refractivity contribution in [3.8, 4) is 0 Å². The number of carbonyl (C=O) groups is 1. The van der Waals surface area contributed by atoms with Crippen LogP contribution in [0.25, 0.3) is 16.3 Å². The minimum Gasteiger partial charge on any atom is -0.377 e. The predicted molar refractivity (Wildman–Crippen MR) is 134 cm³/mol. The smallest absolute Gasteiger partial charge is 0.162 e. The number of ketones is 1. The van der Waals surface area contributed by atoms with Crippen LogP contribution < -0.4 is 10.2 Å². The summed E-state index contributed by atoms with van der Waals surface area (Å²) in [6.07, 6.45) is 1.49. The SMILES string of the molecule is CN(C)c1ccc([C@@H]2Nc3ccc4ccccc4c3C3=C2C(=O)CC(C)(C)C3)cc1Br. The van der Waals surface area contributed by atoms with Crippen molar-refractivity contribution in [3.05, 3.63) is 75.8 Å². The summed E-state index contributed by atoms with van der Waals surface area (Å²) in [7, 11) is 4.07. The van der Waals surface area contributed by atoms with Crippen LogP contribution in [0.3, 0.4) is 0 Å². The van der Waals surface area contributed by atoms with Crippen LogP contribution in [0, 0.1) is 5.41 Å². The van der Waals surface area contributed by atoms with E-state index in [2.05, 4.69) is 94.6 Å². The molecule has 0 radical (unpaired) electrons. The number of allylic oxidation sites excluding steroid dienone is 1. The lowest BCUT2D eigenvalue weighted by molar-refractivity contribution is -0.118. The minimum absolute atomic E-state index is 0.0403. The van der Waals surface area contributed by atoms with Gasteiger partial charge < -0.3 is 10.2 Å². The molecule has 2 aliphatic rings. The summed E-state index contributed by atoms with van der Waals surface area (Å²) >= 11 is 3.73. The van der Waals surface area contributed by atoms with E-state index >= 15 is 0 Å². The van der Waals surface area contributed by atoms with Crippen molar-refractivity contribution in [2.45, 2.75) is 32.7 Å².